The molecule has 0 saturated carbocycles. The van der Waals surface area contributed by atoms with E-state index in [4.69, 9.17) is 5.73 Å². The Kier molecular flexibility index (Phi) is 5.46. The third-order valence-electron chi connectivity index (χ3n) is 3.50. The summed E-state index contributed by atoms with van der Waals surface area (Å²) in [5.41, 5.74) is 7.41. The average Bonchev–Trinajstić information content (AvgIpc) is 2.20. The van der Waals surface area contributed by atoms with Crippen molar-refractivity contribution in [3.63, 3.8) is 0 Å². The first-order valence-electron chi connectivity index (χ1n) is 6.27. The Balaban J connectivity index is 2.30. The molecule has 3 heteroatoms. The molecule has 0 spiro atoms. The van der Waals surface area contributed by atoms with Crippen LogP contribution >= 0.6 is 0 Å². The summed E-state index contributed by atoms with van der Waals surface area (Å²) in [4.78, 5) is 4.84. The standard InChI is InChI=1S/C13H27N3/c1-11(2)5-6-12(14)9-13-10-15(3)7-8-16(13)4/h12-13H,1,5-10,14H2,2-4H3. The van der Waals surface area contributed by atoms with Crippen molar-refractivity contribution < 1.29 is 0 Å². The van der Waals surface area contributed by atoms with Crippen LogP contribution in [0.25, 0.3) is 0 Å². The molecule has 2 atom stereocenters. The van der Waals surface area contributed by atoms with Crippen LogP contribution in [0.1, 0.15) is 26.2 Å². The Morgan fingerprint density at radius 1 is 1.44 bits per heavy atom. The lowest BCUT2D eigenvalue weighted by Gasteiger charge is -2.38. The molecule has 0 aromatic carbocycles. The lowest BCUT2D eigenvalue weighted by atomic mass is 9.99. The highest BCUT2D eigenvalue weighted by molar-refractivity contribution is 4.90. The summed E-state index contributed by atoms with van der Waals surface area (Å²) in [7, 11) is 4.41. The zero-order valence-corrected chi connectivity index (χ0v) is 11.1. The van der Waals surface area contributed by atoms with Crippen LogP contribution < -0.4 is 5.73 Å². The Morgan fingerprint density at radius 2 is 2.12 bits per heavy atom. The molecule has 3 nitrogen and oxygen atoms in total. The second kappa shape index (κ2) is 6.38. The summed E-state index contributed by atoms with van der Waals surface area (Å²) in [6, 6.07) is 0.939. The summed E-state index contributed by atoms with van der Waals surface area (Å²) >= 11 is 0. The molecule has 1 aliphatic rings. The van der Waals surface area contributed by atoms with Gasteiger partial charge in [0.1, 0.15) is 0 Å². The molecule has 0 aromatic rings. The molecule has 0 bridgehead atoms. The quantitative estimate of drug-likeness (QED) is 0.716. The van der Waals surface area contributed by atoms with Crippen LogP contribution in [-0.2, 0) is 0 Å². The van der Waals surface area contributed by atoms with Gasteiger partial charge in [-0.25, -0.2) is 0 Å². The van der Waals surface area contributed by atoms with E-state index >= 15 is 0 Å². The Bertz CT molecular complexity index is 227. The smallest absolute Gasteiger partial charge is 0.0235 e. The normalized spacial score (nSPS) is 25.6. The van der Waals surface area contributed by atoms with E-state index in [2.05, 4.69) is 37.4 Å². The molecular weight excluding hydrogens is 198 g/mol. The van der Waals surface area contributed by atoms with Crippen LogP contribution in [0.2, 0.25) is 0 Å². The minimum Gasteiger partial charge on any atom is -0.328 e. The highest BCUT2D eigenvalue weighted by atomic mass is 15.3. The monoisotopic (exact) mass is 225 g/mol. The first kappa shape index (κ1) is 13.7. The molecule has 2 N–H and O–H groups in total. The van der Waals surface area contributed by atoms with Gasteiger partial charge in [-0.2, -0.15) is 0 Å². The summed E-state index contributed by atoms with van der Waals surface area (Å²) in [6.07, 6.45) is 3.24. The lowest BCUT2D eigenvalue weighted by molar-refractivity contribution is 0.103. The first-order chi connectivity index (χ1) is 7.49. The topological polar surface area (TPSA) is 32.5 Å². The molecular formula is C13H27N3. The van der Waals surface area contributed by atoms with Crippen LogP contribution in [-0.4, -0.2) is 55.6 Å². The minimum atomic E-state index is 0.315. The number of piperazine rings is 1. The number of nitrogens with zero attached hydrogens (tertiary/aromatic N) is 2. The number of rotatable bonds is 5. The van der Waals surface area contributed by atoms with E-state index in [1.165, 1.54) is 12.1 Å². The molecule has 16 heavy (non-hydrogen) atoms. The maximum Gasteiger partial charge on any atom is 0.0235 e. The van der Waals surface area contributed by atoms with Crippen LogP contribution in [0.4, 0.5) is 0 Å². The number of likely N-dealkylation sites (N-methyl/N-ethyl adjacent to an activating group) is 2. The van der Waals surface area contributed by atoms with Gasteiger partial charge >= 0.3 is 0 Å². The third kappa shape index (κ3) is 4.64. The van der Waals surface area contributed by atoms with E-state index in [-0.39, 0.29) is 0 Å². The predicted molar refractivity (Wildman–Crippen MR) is 70.6 cm³/mol. The van der Waals surface area contributed by atoms with Crippen molar-refractivity contribution in [1.29, 1.82) is 0 Å². The molecule has 1 fully saturated rings. The number of allylic oxidation sites excluding steroid dienone is 1. The van der Waals surface area contributed by atoms with Gasteiger partial charge in [0, 0.05) is 31.7 Å². The molecule has 0 amide bonds. The summed E-state index contributed by atoms with van der Waals surface area (Å²) < 4.78 is 0. The Hall–Kier alpha value is -0.380. The van der Waals surface area contributed by atoms with Gasteiger partial charge in [-0.3, -0.25) is 0 Å². The van der Waals surface area contributed by atoms with E-state index in [0.29, 0.717) is 12.1 Å². The van der Waals surface area contributed by atoms with E-state index in [0.717, 1.165) is 32.4 Å². The predicted octanol–water partition coefficient (Wildman–Crippen LogP) is 1.31. The van der Waals surface area contributed by atoms with Crippen molar-refractivity contribution in [2.24, 2.45) is 5.73 Å². The van der Waals surface area contributed by atoms with E-state index in [1.54, 1.807) is 0 Å². The van der Waals surface area contributed by atoms with Crippen molar-refractivity contribution in [1.82, 2.24) is 9.80 Å². The van der Waals surface area contributed by atoms with Gasteiger partial charge < -0.3 is 15.5 Å². The maximum atomic E-state index is 6.17. The molecule has 1 saturated heterocycles. The first-order valence-corrected chi connectivity index (χ1v) is 6.27. The maximum absolute atomic E-state index is 6.17. The molecule has 94 valence electrons. The van der Waals surface area contributed by atoms with Crippen molar-refractivity contribution in [2.45, 2.75) is 38.3 Å². The summed E-state index contributed by atoms with van der Waals surface area (Å²) in [5.74, 6) is 0. The van der Waals surface area contributed by atoms with Crippen molar-refractivity contribution in [2.75, 3.05) is 33.7 Å². The molecule has 2 unspecified atom stereocenters. The van der Waals surface area contributed by atoms with Gasteiger partial charge in [0.2, 0.25) is 0 Å². The van der Waals surface area contributed by atoms with Crippen LogP contribution in [0, 0.1) is 0 Å². The van der Waals surface area contributed by atoms with Gasteiger partial charge in [-0.05, 0) is 40.3 Å². The fourth-order valence-electron chi connectivity index (χ4n) is 2.26. The molecule has 1 rings (SSSR count). The number of hydrogen-bond donors (Lipinski definition) is 1. The second-order valence-electron chi connectivity index (χ2n) is 5.39. The Morgan fingerprint density at radius 3 is 2.75 bits per heavy atom. The summed E-state index contributed by atoms with van der Waals surface area (Å²) in [5, 5.41) is 0. The molecule has 1 aliphatic heterocycles. The van der Waals surface area contributed by atoms with Gasteiger partial charge in [0.05, 0.1) is 0 Å². The van der Waals surface area contributed by atoms with Crippen LogP contribution in [0.5, 0.6) is 0 Å². The highest BCUT2D eigenvalue weighted by Gasteiger charge is 2.23. The van der Waals surface area contributed by atoms with E-state index in [1.807, 2.05) is 0 Å². The van der Waals surface area contributed by atoms with Crippen molar-refractivity contribution in [3.05, 3.63) is 12.2 Å². The van der Waals surface area contributed by atoms with Crippen LogP contribution in [0.15, 0.2) is 12.2 Å². The zero-order chi connectivity index (χ0) is 12.1. The third-order valence-corrected chi connectivity index (χ3v) is 3.50. The minimum absolute atomic E-state index is 0.315. The van der Waals surface area contributed by atoms with Gasteiger partial charge in [0.25, 0.3) is 0 Å². The number of nitrogens with two attached hydrogens (primary N) is 1. The van der Waals surface area contributed by atoms with E-state index in [9.17, 15) is 0 Å². The molecule has 0 radical (unpaired) electrons. The SMILES string of the molecule is C=C(C)CCC(N)CC1CN(C)CCN1C. The van der Waals surface area contributed by atoms with Crippen molar-refractivity contribution in [3.8, 4) is 0 Å². The average molecular weight is 225 g/mol. The largest absolute Gasteiger partial charge is 0.328 e. The second-order valence-corrected chi connectivity index (χ2v) is 5.39. The van der Waals surface area contributed by atoms with Gasteiger partial charge in [-0.1, -0.05) is 5.57 Å². The molecule has 0 aliphatic carbocycles. The van der Waals surface area contributed by atoms with Gasteiger partial charge in [0.15, 0.2) is 0 Å². The zero-order valence-electron chi connectivity index (χ0n) is 11.1. The Labute approximate surface area is 100 Å². The molecule has 1 heterocycles. The van der Waals surface area contributed by atoms with E-state index < -0.39 is 0 Å². The van der Waals surface area contributed by atoms with Crippen LogP contribution in [0.3, 0.4) is 0 Å². The van der Waals surface area contributed by atoms with Crippen molar-refractivity contribution >= 4 is 0 Å². The number of hydrogen-bond acceptors (Lipinski definition) is 3. The fourth-order valence-corrected chi connectivity index (χ4v) is 2.26. The van der Waals surface area contributed by atoms with Gasteiger partial charge in [-0.15, -0.1) is 6.58 Å². The molecule has 0 aromatic heterocycles. The highest BCUT2D eigenvalue weighted by Crippen LogP contribution is 2.14. The summed E-state index contributed by atoms with van der Waals surface area (Å²) in [6.45, 7) is 9.49. The fraction of sp³-hybridized carbons (Fsp3) is 0.846. The lowest BCUT2D eigenvalue weighted by Crippen LogP contribution is -2.51.